The SMILES string of the molecule is O=C(O)/C([S-])=C/c1ccccc1O.[Ag+]. The Hall–Kier alpha value is -0.810. The summed E-state index contributed by atoms with van der Waals surface area (Å²) >= 11 is 4.55. The van der Waals surface area contributed by atoms with E-state index in [0.29, 0.717) is 5.56 Å². The van der Waals surface area contributed by atoms with Gasteiger partial charge >= 0.3 is 28.3 Å². The number of hydrogen-bond donors (Lipinski definition) is 2. The number of para-hydroxylation sites is 1. The number of hydrogen-bond acceptors (Lipinski definition) is 3. The van der Waals surface area contributed by atoms with Crippen LogP contribution in [-0.2, 0) is 39.8 Å². The second-order valence-corrected chi connectivity index (χ2v) is 2.81. The number of phenolic OH excluding ortho intramolecular Hbond substituents is 1. The van der Waals surface area contributed by atoms with Gasteiger partial charge in [0.1, 0.15) is 5.75 Å². The third kappa shape index (κ3) is 3.51. The Morgan fingerprint density at radius 1 is 1.36 bits per heavy atom. The molecule has 2 N–H and O–H groups in total. The molecule has 0 radical (unpaired) electrons. The van der Waals surface area contributed by atoms with Gasteiger partial charge in [-0.05, 0) is 6.07 Å². The predicted octanol–water partition coefficient (Wildman–Crippen LogP) is 1.36. The maximum Gasteiger partial charge on any atom is 1.00 e. The number of aromatic hydroxyl groups is 1. The van der Waals surface area contributed by atoms with E-state index in [1.807, 2.05) is 0 Å². The van der Waals surface area contributed by atoms with Crippen molar-refractivity contribution >= 4 is 24.7 Å². The molecule has 78 valence electrons. The van der Waals surface area contributed by atoms with Crippen LogP contribution in [-0.4, -0.2) is 16.2 Å². The van der Waals surface area contributed by atoms with Crippen LogP contribution < -0.4 is 0 Å². The van der Waals surface area contributed by atoms with Crippen molar-refractivity contribution in [1.29, 1.82) is 0 Å². The summed E-state index contributed by atoms with van der Waals surface area (Å²) in [6.07, 6.45) is 1.24. The Morgan fingerprint density at radius 3 is 2.43 bits per heavy atom. The zero-order valence-corrected chi connectivity index (χ0v) is 9.20. The largest absolute Gasteiger partial charge is 1.00 e. The van der Waals surface area contributed by atoms with Crippen molar-refractivity contribution in [2.45, 2.75) is 0 Å². The van der Waals surface area contributed by atoms with Crippen LogP contribution in [0.3, 0.4) is 0 Å². The van der Waals surface area contributed by atoms with E-state index in [9.17, 15) is 9.90 Å². The molecular formula is C9H7AgO3S. The first-order valence-corrected chi connectivity index (χ1v) is 3.92. The predicted molar refractivity (Wildman–Crippen MR) is 51.1 cm³/mol. The van der Waals surface area contributed by atoms with Gasteiger partial charge in [0.2, 0.25) is 0 Å². The van der Waals surface area contributed by atoms with Crippen molar-refractivity contribution in [2.24, 2.45) is 0 Å². The number of phenols is 1. The molecule has 0 fully saturated rings. The molecular weight excluding hydrogens is 296 g/mol. The number of carboxylic acid groups (broad SMARTS) is 1. The normalized spacial score (nSPS) is 10.4. The van der Waals surface area contributed by atoms with Crippen molar-refractivity contribution in [3.8, 4) is 5.75 Å². The zero-order valence-electron chi connectivity index (χ0n) is 6.90. The van der Waals surface area contributed by atoms with E-state index < -0.39 is 5.97 Å². The van der Waals surface area contributed by atoms with E-state index in [1.165, 1.54) is 12.1 Å². The molecule has 0 saturated heterocycles. The molecule has 1 aromatic carbocycles. The molecule has 0 aliphatic rings. The summed E-state index contributed by atoms with van der Waals surface area (Å²) in [4.78, 5) is 10.1. The average molecular weight is 303 g/mol. The van der Waals surface area contributed by atoms with Gasteiger partial charge in [0, 0.05) is 5.56 Å². The second kappa shape index (κ2) is 5.82. The number of carbonyl (C=O) groups is 1. The average Bonchev–Trinajstić information content (AvgIpc) is 2.08. The molecule has 0 saturated carbocycles. The fourth-order valence-electron chi connectivity index (χ4n) is 0.813. The molecule has 0 aliphatic carbocycles. The summed E-state index contributed by atoms with van der Waals surface area (Å²) in [7, 11) is 0. The van der Waals surface area contributed by atoms with Crippen LogP contribution in [0.25, 0.3) is 6.08 Å². The van der Waals surface area contributed by atoms with E-state index in [-0.39, 0.29) is 33.0 Å². The van der Waals surface area contributed by atoms with Gasteiger partial charge in [-0.15, -0.1) is 0 Å². The molecule has 5 heteroatoms. The third-order valence-corrected chi connectivity index (χ3v) is 1.73. The number of rotatable bonds is 2. The number of carboxylic acids is 1. The Balaban J connectivity index is 0.00000169. The molecule has 0 atom stereocenters. The Bertz CT molecular complexity index is 363. The van der Waals surface area contributed by atoms with Crippen molar-refractivity contribution in [2.75, 3.05) is 0 Å². The van der Waals surface area contributed by atoms with Crippen molar-refractivity contribution < 1.29 is 37.4 Å². The van der Waals surface area contributed by atoms with E-state index in [0.717, 1.165) is 0 Å². The van der Waals surface area contributed by atoms with Gasteiger partial charge in [-0.3, -0.25) is 0 Å². The summed E-state index contributed by atoms with van der Waals surface area (Å²) in [5, 5.41) is 17.7. The first-order chi connectivity index (χ1) is 6.11. The molecule has 0 aromatic heterocycles. The summed E-state index contributed by atoms with van der Waals surface area (Å²) in [6, 6.07) is 6.40. The minimum absolute atomic E-state index is 0. The molecule has 3 nitrogen and oxygen atoms in total. The molecule has 0 spiro atoms. The summed E-state index contributed by atoms with van der Waals surface area (Å²) < 4.78 is 0. The monoisotopic (exact) mass is 302 g/mol. The molecule has 1 aromatic rings. The Kier molecular flexibility index (Phi) is 5.49. The zero-order chi connectivity index (χ0) is 9.84. The van der Waals surface area contributed by atoms with Gasteiger partial charge in [0.05, 0.1) is 0 Å². The second-order valence-electron chi connectivity index (χ2n) is 2.37. The van der Waals surface area contributed by atoms with Crippen molar-refractivity contribution in [3.63, 3.8) is 0 Å². The Morgan fingerprint density at radius 2 is 1.93 bits per heavy atom. The van der Waals surface area contributed by atoms with E-state index in [2.05, 4.69) is 12.6 Å². The van der Waals surface area contributed by atoms with Crippen LogP contribution in [0.1, 0.15) is 5.56 Å². The van der Waals surface area contributed by atoms with Crippen molar-refractivity contribution in [3.05, 3.63) is 34.7 Å². The molecule has 1 rings (SSSR count). The van der Waals surface area contributed by atoms with Crippen LogP contribution >= 0.6 is 0 Å². The minimum Gasteiger partial charge on any atom is -0.773 e. The van der Waals surface area contributed by atoms with Crippen LogP contribution in [0.2, 0.25) is 0 Å². The van der Waals surface area contributed by atoms with E-state index in [1.54, 1.807) is 18.2 Å². The molecule has 14 heavy (non-hydrogen) atoms. The molecule has 0 bridgehead atoms. The molecule has 0 aliphatic heterocycles. The van der Waals surface area contributed by atoms with Crippen LogP contribution in [0.5, 0.6) is 5.75 Å². The molecule has 0 unspecified atom stereocenters. The maximum absolute atomic E-state index is 10.4. The quantitative estimate of drug-likeness (QED) is 0.492. The topological polar surface area (TPSA) is 57.5 Å². The molecule has 0 amide bonds. The first-order valence-electron chi connectivity index (χ1n) is 3.51. The van der Waals surface area contributed by atoms with Crippen molar-refractivity contribution in [1.82, 2.24) is 0 Å². The van der Waals surface area contributed by atoms with E-state index in [4.69, 9.17) is 5.11 Å². The van der Waals surface area contributed by atoms with Gasteiger partial charge in [0.15, 0.2) is 0 Å². The van der Waals surface area contributed by atoms with Crippen LogP contribution in [0.4, 0.5) is 0 Å². The van der Waals surface area contributed by atoms with Gasteiger partial charge in [-0.2, -0.15) is 0 Å². The first kappa shape index (κ1) is 13.2. The summed E-state index contributed by atoms with van der Waals surface area (Å²) in [5.41, 5.74) is 0.412. The van der Waals surface area contributed by atoms with Crippen LogP contribution in [0, 0.1) is 0 Å². The smallest absolute Gasteiger partial charge is 0.773 e. The fourth-order valence-corrected chi connectivity index (χ4v) is 0.940. The summed E-state index contributed by atoms with van der Waals surface area (Å²) in [5.74, 6) is -1.15. The molecule has 0 heterocycles. The van der Waals surface area contributed by atoms with Crippen LogP contribution in [0.15, 0.2) is 29.2 Å². The third-order valence-electron chi connectivity index (χ3n) is 1.43. The number of aliphatic carboxylic acids is 1. The minimum atomic E-state index is -1.17. The summed E-state index contributed by atoms with van der Waals surface area (Å²) in [6.45, 7) is 0. The standard InChI is InChI=1S/C9H8O3S.Ag/c10-7-4-2-1-3-6(7)5-8(13)9(11)12;/h1-5,10,13H,(H,11,12);/q;+1/p-1/b8-5-;. The van der Waals surface area contributed by atoms with Gasteiger partial charge < -0.3 is 22.8 Å². The van der Waals surface area contributed by atoms with Gasteiger partial charge in [-0.25, -0.2) is 4.79 Å². The van der Waals surface area contributed by atoms with Gasteiger partial charge in [0.25, 0.3) is 0 Å². The fraction of sp³-hybridized carbons (Fsp3) is 0. The number of benzene rings is 1. The Labute approximate surface area is 102 Å². The maximum atomic E-state index is 10.4. The van der Waals surface area contributed by atoms with E-state index >= 15 is 0 Å². The van der Waals surface area contributed by atoms with Gasteiger partial charge in [-0.1, -0.05) is 29.2 Å².